The van der Waals surface area contributed by atoms with Crippen molar-refractivity contribution in [1.82, 2.24) is 4.90 Å². The van der Waals surface area contributed by atoms with Crippen LogP contribution in [0.4, 0.5) is 0 Å². The van der Waals surface area contributed by atoms with E-state index >= 15 is 0 Å². The van der Waals surface area contributed by atoms with Gasteiger partial charge in [0.25, 0.3) is 0 Å². The molecule has 176 valence electrons. The van der Waals surface area contributed by atoms with Crippen molar-refractivity contribution >= 4 is 19.2 Å². The summed E-state index contributed by atoms with van der Waals surface area (Å²) in [5, 5.41) is 1.24. The fraction of sp³-hybridized carbons (Fsp3) is 0.393. The van der Waals surface area contributed by atoms with Gasteiger partial charge in [0.2, 0.25) is 5.91 Å². The number of ether oxygens (including phenoxy) is 1. The second-order valence-corrected chi connectivity index (χ2v) is 14.6. The van der Waals surface area contributed by atoms with E-state index in [-0.39, 0.29) is 5.41 Å². The second-order valence-electron chi connectivity index (χ2n) is 10.0. The van der Waals surface area contributed by atoms with Crippen molar-refractivity contribution in [2.75, 3.05) is 19.3 Å². The predicted octanol–water partition coefficient (Wildman–Crippen LogP) is 4.75. The number of nitrogens with zero attached hydrogens (tertiary/aromatic N) is 1. The first-order valence-corrected chi connectivity index (χ1v) is 14.7. The molecule has 0 radical (unpaired) electrons. The first-order chi connectivity index (χ1) is 15.5. The molecule has 1 amide bonds. The van der Waals surface area contributed by atoms with Crippen LogP contribution >= 0.6 is 0 Å². The molecule has 4 nitrogen and oxygen atoms in total. The van der Waals surface area contributed by atoms with Gasteiger partial charge >= 0.3 is 0 Å². The van der Waals surface area contributed by atoms with E-state index in [0.29, 0.717) is 11.8 Å². The molecule has 33 heavy (non-hydrogen) atoms. The van der Waals surface area contributed by atoms with Crippen LogP contribution in [0.2, 0.25) is 13.1 Å². The molecule has 0 atom stereocenters. The number of hydrogen-bond donors (Lipinski definition) is 1. The van der Waals surface area contributed by atoms with E-state index in [0.717, 1.165) is 25.4 Å². The summed E-state index contributed by atoms with van der Waals surface area (Å²) in [6.07, 6.45) is 4.75. The molecular formula is C28H38N2O2Si. The quantitative estimate of drug-likeness (QED) is 0.410. The Morgan fingerprint density at radius 3 is 2.45 bits per heavy atom. The van der Waals surface area contributed by atoms with E-state index < -0.39 is 14.0 Å². The van der Waals surface area contributed by atoms with Gasteiger partial charge in [-0.2, -0.15) is 0 Å². The molecule has 0 aliphatic rings. The van der Waals surface area contributed by atoms with Crippen LogP contribution in [0.3, 0.4) is 0 Å². The Morgan fingerprint density at radius 1 is 1.15 bits per heavy atom. The van der Waals surface area contributed by atoms with Gasteiger partial charge in [0.05, 0.1) is 6.23 Å². The highest BCUT2D eigenvalue weighted by atomic mass is 28.3. The molecule has 0 heterocycles. The molecule has 2 aromatic carbocycles. The van der Waals surface area contributed by atoms with E-state index in [4.69, 9.17) is 10.5 Å². The lowest BCUT2D eigenvalue weighted by atomic mass is 9.98. The van der Waals surface area contributed by atoms with Gasteiger partial charge in [-0.1, -0.05) is 67.4 Å². The van der Waals surface area contributed by atoms with Crippen molar-refractivity contribution in [2.24, 2.45) is 11.1 Å². The third kappa shape index (κ3) is 9.29. The van der Waals surface area contributed by atoms with Gasteiger partial charge in [-0.15, -0.1) is 0 Å². The van der Waals surface area contributed by atoms with Crippen LogP contribution in [0, 0.1) is 17.3 Å². The molecule has 0 fully saturated rings. The summed E-state index contributed by atoms with van der Waals surface area (Å²) in [4.78, 5) is 13.7. The molecule has 2 aromatic rings. The number of hydrogen-bond acceptors (Lipinski definition) is 3. The summed E-state index contributed by atoms with van der Waals surface area (Å²) < 4.78 is 6.22. The second kappa shape index (κ2) is 11.9. The van der Waals surface area contributed by atoms with E-state index in [9.17, 15) is 4.79 Å². The molecule has 0 aliphatic carbocycles. The van der Waals surface area contributed by atoms with E-state index in [2.05, 4.69) is 81.8 Å². The lowest BCUT2D eigenvalue weighted by molar-refractivity contribution is 0.100. The molecule has 0 aromatic heterocycles. The van der Waals surface area contributed by atoms with Crippen LogP contribution in [0.1, 0.15) is 43.6 Å². The molecule has 0 aliphatic heterocycles. The van der Waals surface area contributed by atoms with E-state index in [1.54, 1.807) is 12.1 Å². The summed E-state index contributed by atoms with van der Waals surface area (Å²) in [5.74, 6) is 6.86. The van der Waals surface area contributed by atoms with Gasteiger partial charge < -0.3 is 10.5 Å². The fourth-order valence-electron chi connectivity index (χ4n) is 3.25. The lowest BCUT2D eigenvalue weighted by Crippen LogP contribution is -2.47. The highest BCUT2D eigenvalue weighted by molar-refractivity contribution is 6.89. The Balaban J connectivity index is 1.96. The Kier molecular flexibility index (Phi) is 9.52. The minimum Gasteiger partial charge on any atom is -0.497 e. The Hall–Kier alpha value is -2.81. The molecule has 2 N–H and O–H groups in total. The van der Waals surface area contributed by atoms with Crippen molar-refractivity contribution < 1.29 is 9.53 Å². The zero-order chi connectivity index (χ0) is 24.5. The topological polar surface area (TPSA) is 55.6 Å². The van der Waals surface area contributed by atoms with Gasteiger partial charge in [-0.25, -0.2) is 0 Å². The summed E-state index contributed by atoms with van der Waals surface area (Å²) in [6.45, 7) is 15.7. The number of amides is 1. The average molecular weight is 463 g/mol. The van der Waals surface area contributed by atoms with Crippen LogP contribution in [0.5, 0.6) is 5.75 Å². The monoisotopic (exact) mass is 462 g/mol. The normalized spacial score (nSPS) is 12.0. The summed E-state index contributed by atoms with van der Waals surface area (Å²) in [6, 6.07) is 16.0. The van der Waals surface area contributed by atoms with Crippen LogP contribution in [0.15, 0.2) is 60.7 Å². The number of carbonyl (C=O) groups excluding carboxylic acids is 1. The highest BCUT2D eigenvalue weighted by Crippen LogP contribution is 2.17. The van der Waals surface area contributed by atoms with Crippen LogP contribution in [-0.2, 0) is 6.54 Å². The van der Waals surface area contributed by atoms with E-state index in [1.165, 1.54) is 10.8 Å². The number of allylic oxidation sites excluding steroid dienone is 1. The average Bonchev–Trinajstić information content (AvgIpc) is 2.76. The first kappa shape index (κ1) is 26.4. The third-order valence-electron chi connectivity index (χ3n) is 5.31. The lowest BCUT2D eigenvalue weighted by Gasteiger charge is -2.24. The van der Waals surface area contributed by atoms with Crippen molar-refractivity contribution in [3.05, 3.63) is 71.8 Å². The highest BCUT2D eigenvalue weighted by Gasteiger charge is 2.25. The maximum Gasteiger partial charge on any atom is 0.248 e. The Labute approximate surface area is 200 Å². The smallest absolute Gasteiger partial charge is 0.248 e. The van der Waals surface area contributed by atoms with Gasteiger partial charge in [0, 0.05) is 24.1 Å². The fourth-order valence-corrected chi connectivity index (χ4v) is 5.01. The summed E-state index contributed by atoms with van der Waals surface area (Å²) in [5.41, 5.74) is 7.15. The van der Waals surface area contributed by atoms with Gasteiger partial charge in [-0.3, -0.25) is 9.69 Å². The van der Waals surface area contributed by atoms with Crippen LogP contribution in [-0.4, -0.2) is 38.2 Å². The number of benzene rings is 2. The molecule has 0 saturated heterocycles. The standard InChI is InChI=1S/C28H38N2O2Si/c1-7-30(19-10-8-9-18-28(2,3)4)21-23-12-11-13-25(20-23)32-22-33(5,6)26-16-14-24(15-17-26)27(29)31/h8,10-17,20H,7,19,21-22H2,1-6H3,(H2,29,31)/b10-8+. The maximum absolute atomic E-state index is 11.3. The van der Waals surface area contributed by atoms with Gasteiger partial charge in [-0.05, 0) is 63.2 Å². The van der Waals surface area contributed by atoms with Crippen molar-refractivity contribution in [2.45, 2.75) is 47.3 Å². The Morgan fingerprint density at radius 2 is 1.85 bits per heavy atom. The Bertz CT molecular complexity index is 1010. The number of primary amides is 1. The molecule has 2 rings (SSSR count). The van der Waals surface area contributed by atoms with Crippen molar-refractivity contribution in [3.8, 4) is 17.6 Å². The van der Waals surface area contributed by atoms with Crippen LogP contribution in [0.25, 0.3) is 0 Å². The molecule has 0 unspecified atom stereocenters. The number of nitrogens with two attached hydrogens (primary N) is 1. The van der Waals surface area contributed by atoms with Crippen molar-refractivity contribution in [3.63, 3.8) is 0 Å². The summed E-state index contributed by atoms with van der Waals surface area (Å²) >= 11 is 0. The SMILES string of the molecule is CCN(C/C=C/C#CC(C)(C)C)Cc1cccc(OC[Si](C)(C)c2ccc(C(N)=O)cc2)c1. The molecule has 5 heteroatoms. The minimum absolute atomic E-state index is 0.0274. The molecule has 0 bridgehead atoms. The minimum atomic E-state index is -1.82. The van der Waals surface area contributed by atoms with Gasteiger partial charge in [0.1, 0.15) is 13.8 Å². The number of rotatable bonds is 10. The first-order valence-electron chi connectivity index (χ1n) is 11.5. The van der Waals surface area contributed by atoms with Gasteiger partial charge in [0.15, 0.2) is 0 Å². The zero-order valence-corrected chi connectivity index (χ0v) is 21.9. The van der Waals surface area contributed by atoms with Crippen molar-refractivity contribution in [1.29, 1.82) is 0 Å². The largest absolute Gasteiger partial charge is 0.497 e. The number of carbonyl (C=O) groups is 1. The summed E-state index contributed by atoms with van der Waals surface area (Å²) in [7, 11) is -1.82. The third-order valence-corrected chi connectivity index (χ3v) is 8.08. The molecule has 0 spiro atoms. The predicted molar refractivity (Wildman–Crippen MR) is 141 cm³/mol. The number of likely N-dealkylation sites (N-methyl/N-ethyl adjacent to an activating group) is 1. The maximum atomic E-state index is 11.3. The van der Waals surface area contributed by atoms with Crippen LogP contribution < -0.4 is 15.7 Å². The van der Waals surface area contributed by atoms with E-state index in [1.807, 2.05) is 24.3 Å². The molecular weight excluding hydrogens is 424 g/mol. The zero-order valence-electron chi connectivity index (χ0n) is 20.9. The molecule has 0 saturated carbocycles.